The zero-order valence-corrected chi connectivity index (χ0v) is 23.4. The van der Waals surface area contributed by atoms with Crippen LogP contribution in [0.25, 0.3) is 11.1 Å². The van der Waals surface area contributed by atoms with Crippen molar-refractivity contribution in [2.24, 2.45) is 23.2 Å². The van der Waals surface area contributed by atoms with Gasteiger partial charge in [0.1, 0.15) is 11.9 Å². The quantitative estimate of drug-likeness (QED) is 0.280. The molecule has 4 saturated carbocycles. The molecule has 3 aromatic rings. The Bertz CT molecular complexity index is 1440. The summed E-state index contributed by atoms with van der Waals surface area (Å²) in [5, 5.41) is 16.0. The molecule has 2 unspecified atom stereocenters. The van der Waals surface area contributed by atoms with Crippen molar-refractivity contribution in [2.45, 2.75) is 38.2 Å². The molecule has 3 N–H and O–H groups in total. The van der Waals surface area contributed by atoms with Gasteiger partial charge in [-0.05, 0) is 91.8 Å². The van der Waals surface area contributed by atoms with Crippen LogP contribution in [0.5, 0.6) is 5.75 Å². The highest BCUT2D eigenvalue weighted by Crippen LogP contribution is 2.60. The molecule has 0 aromatic heterocycles. The first-order chi connectivity index (χ1) is 19.8. The molecule has 0 saturated heterocycles. The van der Waals surface area contributed by atoms with Gasteiger partial charge in [0.05, 0.1) is 5.41 Å². The molecule has 41 heavy (non-hydrogen) atoms. The average Bonchev–Trinajstić information content (AvgIpc) is 2.97. The molecule has 0 radical (unpaired) electrons. The summed E-state index contributed by atoms with van der Waals surface area (Å²) < 4.78 is 6.38. The third kappa shape index (κ3) is 5.55. The highest BCUT2D eigenvalue weighted by atomic mass is 35.5. The highest BCUT2D eigenvalue weighted by molar-refractivity contribution is 6.33. The number of benzene rings is 3. The number of ether oxygens (including phenoxy) is 1. The van der Waals surface area contributed by atoms with E-state index in [1.54, 1.807) is 36.4 Å². The summed E-state index contributed by atoms with van der Waals surface area (Å²) in [6.45, 7) is 0.545. The van der Waals surface area contributed by atoms with E-state index in [2.05, 4.69) is 10.6 Å². The molecular formula is C33H33ClN2O5. The second-order valence-electron chi connectivity index (χ2n) is 11.7. The minimum absolute atomic E-state index is 0.0340. The van der Waals surface area contributed by atoms with Crippen molar-refractivity contribution in [3.63, 3.8) is 0 Å². The van der Waals surface area contributed by atoms with Crippen molar-refractivity contribution in [1.82, 2.24) is 10.6 Å². The van der Waals surface area contributed by atoms with Gasteiger partial charge in [-0.25, -0.2) is 0 Å². The molecule has 2 amide bonds. The van der Waals surface area contributed by atoms with Crippen LogP contribution in [0.4, 0.5) is 0 Å². The van der Waals surface area contributed by atoms with E-state index >= 15 is 0 Å². The zero-order chi connectivity index (χ0) is 28.6. The van der Waals surface area contributed by atoms with E-state index in [1.165, 1.54) is 0 Å². The standard InChI is InChI=1S/C33H33ClN2O5/c34-28-16-23(8-11-27(28)21-4-2-1-3-5-21)31(38)36-13-12-35-30(37)22-6-9-26(10-7-22)41-29-24-14-20-15-25(29)19-33(17-20,18-24)32(39)40/h1-11,16,20,24-25,29H,12-15,17-19H2,(H,35,37)(H,36,38)(H,39,40). The normalized spacial score (nSPS) is 25.9. The number of carbonyl (C=O) groups is 3. The predicted molar refractivity (Wildman–Crippen MR) is 156 cm³/mol. The van der Waals surface area contributed by atoms with E-state index in [1.807, 2.05) is 36.4 Å². The summed E-state index contributed by atoms with van der Waals surface area (Å²) >= 11 is 6.43. The zero-order valence-electron chi connectivity index (χ0n) is 22.6. The number of rotatable bonds is 9. The Morgan fingerprint density at radius 2 is 1.44 bits per heavy atom. The van der Waals surface area contributed by atoms with Crippen LogP contribution in [0, 0.1) is 23.2 Å². The third-order valence-corrected chi connectivity index (χ3v) is 9.35. The Balaban J connectivity index is 0.971. The van der Waals surface area contributed by atoms with Gasteiger partial charge in [-0.1, -0.05) is 48.0 Å². The summed E-state index contributed by atoms with van der Waals surface area (Å²) in [5.74, 6) is 0.596. The maximum absolute atomic E-state index is 12.6. The van der Waals surface area contributed by atoms with Crippen LogP contribution in [0.1, 0.15) is 52.8 Å². The molecule has 212 valence electrons. The number of nitrogens with one attached hydrogen (secondary N) is 2. The Labute approximate surface area is 244 Å². The van der Waals surface area contributed by atoms with E-state index in [4.69, 9.17) is 16.3 Å². The molecule has 8 heteroatoms. The minimum atomic E-state index is -0.646. The van der Waals surface area contributed by atoms with Crippen LogP contribution in [0.3, 0.4) is 0 Å². The second kappa shape index (κ2) is 11.2. The lowest BCUT2D eigenvalue weighted by Gasteiger charge is -2.57. The van der Waals surface area contributed by atoms with Crippen molar-refractivity contribution in [3.8, 4) is 16.9 Å². The van der Waals surface area contributed by atoms with Crippen LogP contribution in [0.15, 0.2) is 72.8 Å². The summed E-state index contributed by atoms with van der Waals surface area (Å²) in [7, 11) is 0. The summed E-state index contributed by atoms with van der Waals surface area (Å²) in [4.78, 5) is 37.2. The lowest BCUT2D eigenvalue weighted by atomic mass is 9.48. The second-order valence-corrected chi connectivity index (χ2v) is 12.1. The number of halogens is 1. The fourth-order valence-corrected chi connectivity index (χ4v) is 7.63. The largest absolute Gasteiger partial charge is 0.490 e. The van der Waals surface area contributed by atoms with Crippen molar-refractivity contribution in [1.29, 1.82) is 0 Å². The molecule has 2 atom stereocenters. The van der Waals surface area contributed by atoms with Gasteiger partial charge in [-0.3, -0.25) is 14.4 Å². The number of amides is 2. The molecule has 0 aliphatic heterocycles. The van der Waals surface area contributed by atoms with Crippen molar-refractivity contribution in [2.75, 3.05) is 13.1 Å². The average molecular weight is 573 g/mol. The van der Waals surface area contributed by atoms with Crippen LogP contribution in [-0.4, -0.2) is 42.1 Å². The first-order valence-electron chi connectivity index (χ1n) is 14.2. The smallest absolute Gasteiger partial charge is 0.309 e. The Kier molecular flexibility index (Phi) is 7.47. The third-order valence-electron chi connectivity index (χ3n) is 9.04. The Morgan fingerprint density at radius 3 is 2.05 bits per heavy atom. The molecule has 4 aliphatic carbocycles. The molecular weight excluding hydrogens is 540 g/mol. The molecule has 3 aromatic carbocycles. The van der Waals surface area contributed by atoms with Crippen LogP contribution in [-0.2, 0) is 4.79 Å². The maximum atomic E-state index is 12.6. The number of aliphatic carboxylic acids is 1. The fourth-order valence-electron chi connectivity index (χ4n) is 7.34. The van der Waals surface area contributed by atoms with Crippen molar-refractivity contribution >= 4 is 29.4 Å². The van der Waals surface area contributed by atoms with Gasteiger partial charge in [0.2, 0.25) is 0 Å². The number of carboxylic acids is 1. The van der Waals surface area contributed by atoms with Gasteiger partial charge < -0.3 is 20.5 Å². The topological polar surface area (TPSA) is 105 Å². The summed E-state index contributed by atoms with van der Waals surface area (Å²) in [5.41, 5.74) is 2.23. The van der Waals surface area contributed by atoms with Gasteiger partial charge in [0.25, 0.3) is 11.8 Å². The Morgan fingerprint density at radius 1 is 0.829 bits per heavy atom. The minimum Gasteiger partial charge on any atom is -0.490 e. The maximum Gasteiger partial charge on any atom is 0.309 e. The number of carboxylic acid groups (broad SMARTS) is 1. The van der Waals surface area contributed by atoms with E-state index in [9.17, 15) is 19.5 Å². The molecule has 0 spiro atoms. The lowest BCUT2D eigenvalue weighted by molar-refractivity contribution is -0.175. The van der Waals surface area contributed by atoms with Crippen LogP contribution in [0.2, 0.25) is 5.02 Å². The number of hydrogen-bond donors (Lipinski definition) is 3. The highest BCUT2D eigenvalue weighted by Gasteiger charge is 2.59. The SMILES string of the molecule is O=C(NCCNC(=O)c1ccc(-c2ccccc2)c(Cl)c1)c1ccc(OC2C3CC4CC2CC(C(=O)O)(C4)C3)cc1. The molecule has 0 heterocycles. The van der Waals surface area contributed by atoms with Crippen LogP contribution < -0.4 is 15.4 Å². The van der Waals surface area contributed by atoms with Crippen molar-refractivity contribution in [3.05, 3.63) is 88.9 Å². The monoisotopic (exact) mass is 572 g/mol. The summed E-state index contributed by atoms with van der Waals surface area (Å²) in [6, 6.07) is 22.0. The van der Waals surface area contributed by atoms with E-state index in [0.29, 0.717) is 40.7 Å². The molecule has 7 rings (SSSR count). The van der Waals surface area contributed by atoms with Gasteiger partial charge in [0.15, 0.2) is 0 Å². The van der Waals surface area contributed by atoms with E-state index in [-0.39, 0.29) is 42.8 Å². The molecule has 4 fully saturated rings. The first kappa shape index (κ1) is 27.3. The first-order valence-corrected chi connectivity index (χ1v) is 14.6. The van der Waals surface area contributed by atoms with Crippen LogP contribution >= 0.6 is 11.6 Å². The Hall–Kier alpha value is -3.84. The van der Waals surface area contributed by atoms with E-state index in [0.717, 1.165) is 30.4 Å². The lowest BCUT2D eigenvalue weighted by Crippen LogP contribution is -2.57. The van der Waals surface area contributed by atoms with Gasteiger partial charge in [-0.2, -0.15) is 0 Å². The van der Waals surface area contributed by atoms with Crippen molar-refractivity contribution < 1.29 is 24.2 Å². The molecule has 4 bridgehead atoms. The molecule has 4 aliphatic rings. The predicted octanol–water partition coefficient (Wildman–Crippen LogP) is 5.83. The van der Waals surface area contributed by atoms with Gasteiger partial charge in [0, 0.05) is 34.8 Å². The van der Waals surface area contributed by atoms with E-state index < -0.39 is 11.4 Å². The summed E-state index contributed by atoms with van der Waals surface area (Å²) in [6.07, 6.45) is 4.32. The number of hydrogen-bond acceptors (Lipinski definition) is 4. The van der Waals surface area contributed by atoms with Gasteiger partial charge in [-0.15, -0.1) is 0 Å². The number of carbonyl (C=O) groups excluding carboxylic acids is 2. The van der Waals surface area contributed by atoms with Gasteiger partial charge >= 0.3 is 5.97 Å². The molecule has 7 nitrogen and oxygen atoms in total. The fraction of sp³-hybridized carbons (Fsp3) is 0.364.